The zero-order chi connectivity index (χ0) is 15.5. The van der Waals surface area contributed by atoms with Gasteiger partial charge in [0.2, 0.25) is 0 Å². The molecule has 1 aliphatic heterocycles. The van der Waals surface area contributed by atoms with E-state index in [9.17, 15) is 9.18 Å². The molecule has 2 heterocycles. The van der Waals surface area contributed by atoms with Crippen LogP contribution in [0.25, 0.3) is 10.6 Å². The lowest BCUT2D eigenvalue weighted by Crippen LogP contribution is -2.46. The maximum absolute atomic E-state index is 12.9. The normalized spacial score (nSPS) is 21.5. The first-order valence-corrected chi connectivity index (χ1v) is 8.25. The van der Waals surface area contributed by atoms with Crippen LogP contribution in [0.1, 0.15) is 30.3 Å². The molecule has 6 heteroatoms. The van der Waals surface area contributed by atoms with Crippen molar-refractivity contribution in [3.05, 3.63) is 41.2 Å². The standard InChI is InChI=1S/C16H18FN3OS/c1-10-8-13(6-7-18-10)19-15(21)14-9-22-16(20-14)11-2-4-12(17)5-3-11/h2-5,9-10,13,18H,6-8H2,1H3,(H,19,21). The maximum atomic E-state index is 12.9. The highest BCUT2D eigenvalue weighted by Crippen LogP contribution is 2.24. The summed E-state index contributed by atoms with van der Waals surface area (Å²) in [5.74, 6) is -0.415. The zero-order valence-corrected chi connectivity index (χ0v) is 13.1. The number of halogens is 1. The summed E-state index contributed by atoms with van der Waals surface area (Å²) in [5, 5.41) is 8.88. The molecule has 1 aromatic heterocycles. The molecule has 116 valence electrons. The summed E-state index contributed by atoms with van der Waals surface area (Å²) < 4.78 is 12.9. The number of aromatic nitrogens is 1. The number of thiazole rings is 1. The van der Waals surface area contributed by atoms with Crippen molar-refractivity contribution in [1.29, 1.82) is 0 Å². The number of rotatable bonds is 3. The number of hydrogen-bond donors (Lipinski definition) is 2. The lowest BCUT2D eigenvalue weighted by atomic mass is 10.0. The predicted octanol–water partition coefficient (Wildman–Crippen LogP) is 2.82. The Morgan fingerprint density at radius 3 is 2.91 bits per heavy atom. The highest BCUT2D eigenvalue weighted by molar-refractivity contribution is 7.13. The van der Waals surface area contributed by atoms with Gasteiger partial charge in [-0.25, -0.2) is 9.37 Å². The molecule has 0 saturated carbocycles. The minimum atomic E-state index is -0.279. The smallest absolute Gasteiger partial charge is 0.270 e. The van der Waals surface area contributed by atoms with Gasteiger partial charge < -0.3 is 10.6 Å². The summed E-state index contributed by atoms with van der Waals surface area (Å²) >= 11 is 1.39. The van der Waals surface area contributed by atoms with E-state index >= 15 is 0 Å². The third-order valence-corrected chi connectivity index (χ3v) is 4.68. The van der Waals surface area contributed by atoms with Crippen LogP contribution in [-0.4, -0.2) is 29.5 Å². The minimum Gasteiger partial charge on any atom is -0.348 e. The van der Waals surface area contributed by atoms with Gasteiger partial charge >= 0.3 is 0 Å². The van der Waals surface area contributed by atoms with E-state index in [1.807, 2.05) is 0 Å². The maximum Gasteiger partial charge on any atom is 0.270 e. The molecule has 0 bridgehead atoms. The van der Waals surface area contributed by atoms with E-state index in [0.29, 0.717) is 11.7 Å². The quantitative estimate of drug-likeness (QED) is 0.915. The summed E-state index contributed by atoms with van der Waals surface area (Å²) in [7, 11) is 0. The molecule has 1 amide bonds. The van der Waals surface area contributed by atoms with Gasteiger partial charge in [-0.1, -0.05) is 0 Å². The highest BCUT2D eigenvalue weighted by atomic mass is 32.1. The highest BCUT2D eigenvalue weighted by Gasteiger charge is 2.21. The van der Waals surface area contributed by atoms with E-state index in [4.69, 9.17) is 0 Å². The van der Waals surface area contributed by atoms with Crippen molar-refractivity contribution in [3.63, 3.8) is 0 Å². The van der Waals surface area contributed by atoms with Crippen molar-refractivity contribution < 1.29 is 9.18 Å². The first-order valence-electron chi connectivity index (χ1n) is 7.37. The largest absolute Gasteiger partial charge is 0.348 e. The van der Waals surface area contributed by atoms with Crippen molar-refractivity contribution >= 4 is 17.2 Å². The van der Waals surface area contributed by atoms with Crippen molar-refractivity contribution in [2.24, 2.45) is 0 Å². The summed E-state index contributed by atoms with van der Waals surface area (Å²) in [5.41, 5.74) is 1.25. The summed E-state index contributed by atoms with van der Waals surface area (Å²) in [6, 6.07) is 6.75. The predicted molar refractivity (Wildman–Crippen MR) is 85.5 cm³/mol. The summed E-state index contributed by atoms with van der Waals surface area (Å²) in [6.45, 7) is 3.04. The molecule has 0 aliphatic carbocycles. The lowest BCUT2D eigenvalue weighted by molar-refractivity contribution is 0.0921. The third-order valence-electron chi connectivity index (χ3n) is 3.79. The molecule has 2 atom stereocenters. The second-order valence-corrected chi connectivity index (χ2v) is 6.45. The van der Waals surface area contributed by atoms with Gasteiger partial charge in [-0.2, -0.15) is 0 Å². The molecule has 3 rings (SSSR count). The van der Waals surface area contributed by atoms with E-state index in [1.165, 1.54) is 23.5 Å². The van der Waals surface area contributed by atoms with Crippen LogP contribution in [0.15, 0.2) is 29.6 Å². The molecule has 0 radical (unpaired) electrons. The fraction of sp³-hybridized carbons (Fsp3) is 0.375. The van der Waals surface area contributed by atoms with Gasteiger partial charge in [0.1, 0.15) is 16.5 Å². The fourth-order valence-electron chi connectivity index (χ4n) is 2.63. The Labute approximate surface area is 132 Å². The van der Waals surface area contributed by atoms with Crippen LogP contribution in [0.4, 0.5) is 4.39 Å². The Hall–Kier alpha value is -1.79. The number of nitrogens with one attached hydrogen (secondary N) is 2. The molecule has 0 spiro atoms. The molecular weight excluding hydrogens is 301 g/mol. The van der Waals surface area contributed by atoms with Crippen LogP contribution >= 0.6 is 11.3 Å². The van der Waals surface area contributed by atoms with Crippen LogP contribution in [0, 0.1) is 5.82 Å². The zero-order valence-electron chi connectivity index (χ0n) is 12.3. The van der Waals surface area contributed by atoms with Gasteiger partial charge in [0.25, 0.3) is 5.91 Å². The second-order valence-electron chi connectivity index (χ2n) is 5.59. The fourth-order valence-corrected chi connectivity index (χ4v) is 3.43. The minimum absolute atomic E-state index is 0.135. The molecule has 2 unspecified atom stereocenters. The van der Waals surface area contributed by atoms with Gasteiger partial charge in [-0.3, -0.25) is 4.79 Å². The number of hydrogen-bond acceptors (Lipinski definition) is 4. The topological polar surface area (TPSA) is 54.0 Å². The number of nitrogens with zero attached hydrogens (tertiary/aromatic N) is 1. The molecule has 4 nitrogen and oxygen atoms in total. The van der Waals surface area contributed by atoms with E-state index in [1.54, 1.807) is 17.5 Å². The van der Waals surface area contributed by atoms with E-state index in [0.717, 1.165) is 30.0 Å². The van der Waals surface area contributed by atoms with Crippen LogP contribution in [-0.2, 0) is 0 Å². The van der Waals surface area contributed by atoms with E-state index < -0.39 is 0 Å². The van der Waals surface area contributed by atoms with Gasteiger partial charge in [-0.15, -0.1) is 11.3 Å². The Bertz CT molecular complexity index is 656. The number of benzene rings is 1. The van der Waals surface area contributed by atoms with Gasteiger partial charge in [0.15, 0.2) is 0 Å². The average Bonchev–Trinajstić information content (AvgIpc) is 2.98. The molecule has 1 aliphatic rings. The van der Waals surface area contributed by atoms with Crippen LogP contribution in [0.3, 0.4) is 0 Å². The molecule has 1 fully saturated rings. The van der Waals surface area contributed by atoms with Crippen LogP contribution in [0.2, 0.25) is 0 Å². The number of carbonyl (C=O) groups excluding carboxylic acids is 1. The van der Waals surface area contributed by atoms with Crippen LogP contribution < -0.4 is 10.6 Å². The monoisotopic (exact) mass is 319 g/mol. The van der Waals surface area contributed by atoms with Crippen molar-refractivity contribution in [2.75, 3.05) is 6.54 Å². The Balaban J connectivity index is 1.67. The number of amides is 1. The molecule has 22 heavy (non-hydrogen) atoms. The van der Waals surface area contributed by atoms with Crippen LogP contribution in [0.5, 0.6) is 0 Å². The molecule has 2 N–H and O–H groups in total. The molecule has 2 aromatic rings. The van der Waals surface area contributed by atoms with Crippen molar-refractivity contribution in [2.45, 2.75) is 31.8 Å². The summed E-state index contributed by atoms with van der Waals surface area (Å²) in [4.78, 5) is 16.6. The third kappa shape index (κ3) is 3.51. The second kappa shape index (κ2) is 6.54. The Morgan fingerprint density at radius 2 is 2.18 bits per heavy atom. The molecular formula is C16H18FN3OS. The van der Waals surface area contributed by atoms with Crippen molar-refractivity contribution in [3.8, 4) is 10.6 Å². The molecule has 1 aromatic carbocycles. The molecule has 1 saturated heterocycles. The van der Waals surface area contributed by atoms with Crippen molar-refractivity contribution in [1.82, 2.24) is 15.6 Å². The van der Waals surface area contributed by atoms with Gasteiger partial charge in [0, 0.05) is 23.0 Å². The Morgan fingerprint density at radius 1 is 1.41 bits per heavy atom. The average molecular weight is 319 g/mol. The van der Waals surface area contributed by atoms with E-state index in [2.05, 4.69) is 22.5 Å². The SMILES string of the molecule is CC1CC(NC(=O)c2csc(-c3ccc(F)cc3)n2)CCN1. The van der Waals surface area contributed by atoms with E-state index in [-0.39, 0.29) is 17.8 Å². The number of piperidine rings is 1. The van der Waals surface area contributed by atoms with Gasteiger partial charge in [-0.05, 0) is 50.6 Å². The first kappa shape index (κ1) is 15.1. The first-order chi connectivity index (χ1) is 10.6. The lowest BCUT2D eigenvalue weighted by Gasteiger charge is -2.28. The summed E-state index contributed by atoms with van der Waals surface area (Å²) in [6.07, 6.45) is 1.87. The Kier molecular flexibility index (Phi) is 4.49. The number of carbonyl (C=O) groups is 1. The van der Waals surface area contributed by atoms with Gasteiger partial charge in [0.05, 0.1) is 0 Å².